The third-order valence-corrected chi connectivity index (χ3v) is 4.59. The van der Waals surface area contributed by atoms with Gasteiger partial charge in [-0.15, -0.1) is 0 Å². The fourth-order valence-electron chi connectivity index (χ4n) is 3.46. The molecule has 1 heterocycles. The molecule has 0 fully saturated rings. The molecule has 1 N–H and O–H groups in total. The first-order valence-corrected chi connectivity index (χ1v) is 8.03. The quantitative estimate of drug-likeness (QED) is 0.924. The lowest BCUT2D eigenvalue weighted by molar-refractivity contribution is -0.124. The van der Waals surface area contributed by atoms with Crippen LogP contribution in [0.5, 0.6) is 0 Å². The van der Waals surface area contributed by atoms with Crippen LogP contribution in [0.2, 0.25) is 0 Å². The summed E-state index contributed by atoms with van der Waals surface area (Å²) in [5.74, 6) is 0.403. The zero-order valence-corrected chi connectivity index (χ0v) is 13.4. The van der Waals surface area contributed by atoms with Gasteiger partial charge in [0.25, 0.3) is 0 Å². The number of hydrogen-bond donors (Lipinski definition) is 1. The van der Waals surface area contributed by atoms with Crippen molar-refractivity contribution in [1.29, 1.82) is 0 Å². The van der Waals surface area contributed by atoms with E-state index in [-0.39, 0.29) is 29.7 Å². The predicted octanol–water partition coefficient (Wildman–Crippen LogP) is 4.08. The Hall–Kier alpha value is -1.93. The van der Waals surface area contributed by atoms with Crippen LogP contribution < -0.4 is 5.32 Å². The van der Waals surface area contributed by atoms with Crippen molar-refractivity contribution in [3.63, 3.8) is 0 Å². The third kappa shape index (κ3) is 2.59. The van der Waals surface area contributed by atoms with Crippen LogP contribution in [0.3, 0.4) is 0 Å². The summed E-state index contributed by atoms with van der Waals surface area (Å²) in [4.78, 5) is 12.8. The first-order chi connectivity index (χ1) is 10.6. The molecule has 2 heteroatoms. The van der Waals surface area contributed by atoms with Crippen molar-refractivity contribution in [2.75, 3.05) is 0 Å². The Morgan fingerprint density at radius 1 is 0.955 bits per heavy atom. The highest BCUT2D eigenvalue weighted by atomic mass is 16.1. The van der Waals surface area contributed by atoms with Crippen LogP contribution in [0.4, 0.5) is 0 Å². The monoisotopic (exact) mass is 293 g/mol. The fraction of sp³-hybridized carbons (Fsp3) is 0.350. The molecule has 2 aromatic carbocycles. The van der Waals surface area contributed by atoms with Gasteiger partial charge >= 0.3 is 0 Å². The zero-order chi connectivity index (χ0) is 15.7. The third-order valence-electron chi connectivity index (χ3n) is 4.59. The van der Waals surface area contributed by atoms with Crippen LogP contribution in [0.25, 0.3) is 0 Å². The average Bonchev–Trinajstić information content (AvgIpc) is 2.55. The molecule has 3 atom stereocenters. The van der Waals surface area contributed by atoms with Gasteiger partial charge in [-0.05, 0) is 23.6 Å². The molecule has 0 aliphatic carbocycles. The lowest BCUT2D eigenvalue weighted by Gasteiger charge is -2.38. The van der Waals surface area contributed by atoms with Gasteiger partial charge in [0.05, 0.1) is 6.04 Å². The van der Waals surface area contributed by atoms with Crippen LogP contribution >= 0.6 is 0 Å². The van der Waals surface area contributed by atoms with E-state index in [9.17, 15) is 4.79 Å². The van der Waals surface area contributed by atoms with Gasteiger partial charge in [-0.2, -0.15) is 0 Å². The molecule has 0 bridgehead atoms. The van der Waals surface area contributed by atoms with Crippen LogP contribution in [0.15, 0.2) is 54.6 Å². The van der Waals surface area contributed by atoms with Crippen molar-refractivity contribution in [2.45, 2.75) is 38.8 Å². The Morgan fingerprint density at radius 2 is 1.55 bits per heavy atom. The molecule has 2 aromatic rings. The van der Waals surface area contributed by atoms with E-state index in [0.717, 1.165) is 0 Å². The van der Waals surface area contributed by atoms with Crippen molar-refractivity contribution < 1.29 is 4.79 Å². The number of hydrogen-bond acceptors (Lipinski definition) is 2. The summed E-state index contributed by atoms with van der Waals surface area (Å²) in [6.07, 6.45) is 0. The van der Waals surface area contributed by atoms with Crippen molar-refractivity contribution >= 4 is 5.78 Å². The van der Waals surface area contributed by atoms with E-state index in [1.165, 1.54) is 16.7 Å². The Kier molecular flexibility index (Phi) is 4.12. The standard InChI is InChI=1S/C20H23NO/c1-13(2)20(22)19-18(15-9-5-4-6-10-15)17-12-8-7-11-16(17)14(3)21-19/h4-14,18-19,21H,1-3H3/t14-,18?,19?/m1/s1. The van der Waals surface area contributed by atoms with E-state index in [4.69, 9.17) is 0 Å². The molecule has 2 unspecified atom stereocenters. The maximum atomic E-state index is 12.8. The van der Waals surface area contributed by atoms with E-state index in [0.29, 0.717) is 0 Å². The molecule has 0 amide bonds. The maximum absolute atomic E-state index is 12.8. The highest BCUT2D eigenvalue weighted by Gasteiger charge is 2.38. The van der Waals surface area contributed by atoms with Gasteiger partial charge in [0, 0.05) is 17.9 Å². The predicted molar refractivity (Wildman–Crippen MR) is 89.9 cm³/mol. The number of rotatable bonds is 3. The number of benzene rings is 2. The van der Waals surface area contributed by atoms with Gasteiger partial charge in [0.2, 0.25) is 0 Å². The molecule has 0 spiro atoms. The maximum Gasteiger partial charge on any atom is 0.153 e. The summed E-state index contributed by atoms with van der Waals surface area (Å²) < 4.78 is 0. The smallest absolute Gasteiger partial charge is 0.153 e. The minimum atomic E-state index is -0.160. The van der Waals surface area contributed by atoms with E-state index in [1.54, 1.807) is 0 Å². The first-order valence-electron chi connectivity index (χ1n) is 8.03. The van der Waals surface area contributed by atoms with Gasteiger partial charge in [-0.25, -0.2) is 0 Å². The van der Waals surface area contributed by atoms with Crippen LogP contribution in [-0.4, -0.2) is 11.8 Å². The SMILES string of the molecule is CC(C)C(=O)C1N[C@H](C)c2ccccc2C1c1ccccc1. The molecule has 0 radical (unpaired) electrons. The van der Waals surface area contributed by atoms with Crippen LogP contribution in [-0.2, 0) is 4.79 Å². The van der Waals surface area contributed by atoms with Crippen molar-refractivity contribution in [3.05, 3.63) is 71.3 Å². The summed E-state index contributed by atoms with van der Waals surface area (Å²) in [6, 6.07) is 18.9. The average molecular weight is 293 g/mol. The molecule has 0 saturated carbocycles. The second kappa shape index (κ2) is 6.05. The first kappa shape index (κ1) is 15.0. The molecule has 22 heavy (non-hydrogen) atoms. The van der Waals surface area contributed by atoms with Crippen molar-refractivity contribution in [1.82, 2.24) is 5.32 Å². The lowest BCUT2D eigenvalue weighted by atomic mass is 9.75. The number of carbonyl (C=O) groups excluding carboxylic acids is 1. The Balaban J connectivity index is 2.14. The van der Waals surface area contributed by atoms with Crippen LogP contribution in [0.1, 0.15) is 49.4 Å². The molecule has 1 aliphatic heterocycles. The van der Waals surface area contributed by atoms with Gasteiger partial charge in [0.15, 0.2) is 5.78 Å². The van der Waals surface area contributed by atoms with Crippen molar-refractivity contribution in [3.8, 4) is 0 Å². The summed E-state index contributed by atoms with van der Waals surface area (Å²) in [5.41, 5.74) is 3.77. The van der Waals surface area contributed by atoms with Gasteiger partial charge in [0.1, 0.15) is 0 Å². The molecule has 2 nitrogen and oxygen atoms in total. The summed E-state index contributed by atoms with van der Waals surface area (Å²) >= 11 is 0. The van der Waals surface area contributed by atoms with E-state index >= 15 is 0 Å². The molecule has 0 aromatic heterocycles. The Morgan fingerprint density at radius 3 is 2.18 bits per heavy atom. The molecular weight excluding hydrogens is 270 g/mol. The number of ketones is 1. The number of Topliss-reactive ketones (excluding diaryl/α,β-unsaturated/α-hetero) is 1. The van der Waals surface area contributed by atoms with Crippen LogP contribution in [0, 0.1) is 5.92 Å². The van der Waals surface area contributed by atoms with E-state index < -0.39 is 0 Å². The van der Waals surface area contributed by atoms with E-state index in [2.05, 4.69) is 48.6 Å². The number of fused-ring (bicyclic) bond motifs is 1. The molecule has 1 aliphatic rings. The fourth-order valence-corrected chi connectivity index (χ4v) is 3.46. The summed E-state index contributed by atoms with van der Waals surface area (Å²) in [5, 5.41) is 3.55. The molecule has 0 saturated heterocycles. The van der Waals surface area contributed by atoms with E-state index in [1.807, 2.05) is 32.0 Å². The second-order valence-corrected chi connectivity index (χ2v) is 6.44. The molecular formula is C20H23NO. The minimum Gasteiger partial charge on any atom is -0.300 e. The lowest BCUT2D eigenvalue weighted by Crippen LogP contribution is -2.48. The van der Waals surface area contributed by atoms with Gasteiger partial charge in [-0.3, -0.25) is 4.79 Å². The Bertz CT molecular complexity index is 662. The molecule has 3 rings (SSSR count). The number of carbonyl (C=O) groups is 1. The van der Waals surface area contributed by atoms with Gasteiger partial charge < -0.3 is 5.32 Å². The second-order valence-electron chi connectivity index (χ2n) is 6.44. The Labute approximate surface area is 132 Å². The topological polar surface area (TPSA) is 29.1 Å². The number of nitrogens with one attached hydrogen (secondary N) is 1. The van der Waals surface area contributed by atoms with Gasteiger partial charge in [-0.1, -0.05) is 68.4 Å². The minimum absolute atomic E-state index is 0.0289. The largest absolute Gasteiger partial charge is 0.300 e. The highest BCUT2D eigenvalue weighted by molar-refractivity contribution is 5.88. The summed E-state index contributed by atoms with van der Waals surface area (Å²) in [7, 11) is 0. The van der Waals surface area contributed by atoms with Crippen molar-refractivity contribution in [2.24, 2.45) is 5.92 Å². The summed E-state index contributed by atoms with van der Waals surface area (Å²) in [6.45, 7) is 6.11. The normalized spacial score (nSPS) is 24.1. The zero-order valence-electron chi connectivity index (χ0n) is 13.4. The molecule has 114 valence electrons. The highest BCUT2D eigenvalue weighted by Crippen LogP contribution is 2.38.